The molecule has 1 aliphatic heterocycles. The van der Waals surface area contributed by atoms with E-state index in [2.05, 4.69) is 15.9 Å². The van der Waals surface area contributed by atoms with Gasteiger partial charge in [-0.3, -0.25) is 4.79 Å². The van der Waals surface area contributed by atoms with Crippen LogP contribution in [-0.4, -0.2) is 29.9 Å². The number of likely N-dealkylation sites (tertiary alicyclic amines) is 1. The van der Waals surface area contributed by atoms with E-state index in [0.717, 1.165) is 28.2 Å². The van der Waals surface area contributed by atoms with Gasteiger partial charge in [0.25, 0.3) is 0 Å². The van der Waals surface area contributed by atoms with E-state index in [1.807, 2.05) is 17.0 Å². The fraction of sp³-hybridized carbons (Fsp3) is 0.615. The summed E-state index contributed by atoms with van der Waals surface area (Å²) in [5, 5.41) is 0. The van der Waals surface area contributed by atoms with E-state index >= 15 is 0 Å². The normalized spacial score (nSPS) is 29.2. The Hall–Kier alpha value is -0.100. The Bertz CT molecular complexity index is 467. The Balaban J connectivity index is 0.00000133. The number of nitrogens with two attached hydrogens (primary N) is 1. The first-order valence-corrected chi connectivity index (χ1v) is 8.02. The first-order valence-electron chi connectivity index (χ1n) is 6.41. The maximum absolute atomic E-state index is 12.2. The fourth-order valence-corrected chi connectivity index (χ4v) is 4.69. The molecule has 3 rings (SSSR count). The monoisotopic (exact) mass is 364 g/mol. The largest absolute Gasteiger partial charge is 0.342 e. The summed E-state index contributed by atoms with van der Waals surface area (Å²) in [5.74, 6) is 1.45. The van der Waals surface area contributed by atoms with E-state index in [1.165, 1.54) is 6.42 Å². The summed E-state index contributed by atoms with van der Waals surface area (Å²) in [6, 6.07) is 4.33. The number of carbonyl (C=O) groups excluding carboxylic acids is 1. The van der Waals surface area contributed by atoms with Gasteiger partial charge in [0.15, 0.2) is 0 Å². The highest BCUT2D eigenvalue weighted by Gasteiger charge is 2.42. The highest BCUT2D eigenvalue weighted by Crippen LogP contribution is 2.37. The van der Waals surface area contributed by atoms with Crippen molar-refractivity contribution in [3.8, 4) is 0 Å². The molecule has 1 saturated carbocycles. The molecule has 3 atom stereocenters. The number of amides is 1. The van der Waals surface area contributed by atoms with Crippen molar-refractivity contribution >= 4 is 45.6 Å². The van der Waals surface area contributed by atoms with Crippen molar-refractivity contribution in [2.75, 3.05) is 13.1 Å². The van der Waals surface area contributed by atoms with Gasteiger partial charge < -0.3 is 10.6 Å². The van der Waals surface area contributed by atoms with Crippen molar-refractivity contribution in [3.63, 3.8) is 0 Å². The third-order valence-corrected chi connectivity index (χ3v) is 5.84. The number of hydrogen-bond donors (Lipinski definition) is 1. The van der Waals surface area contributed by atoms with Crippen LogP contribution in [0.3, 0.4) is 0 Å². The zero-order valence-corrected chi connectivity index (χ0v) is 13.8. The van der Waals surface area contributed by atoms with E-state index < -0.39 is 0 Å². The molecule has 2 N–H and O–H groups in total. The standard InChI is InChI=1S/C13H17BrN2OS.ClH/c14-12-4-2-9(18-12)5-13(17)16-6-8-1-3-11(15)10(8)7-16;/h2,4,8,10-11H,1,3,5-7,15H2;1H. The second-order valence-electron chi connectivity index (χ2n) is 5.35. The Morgan fingerprint density at radius 2 is 2.21 bits per heavy atom. The van der Waals surface area contributed by atoms with Crippen LogP contribution < -0.4 is 5.73 Å². The molecule has 19 heavy (non-hydrogen) atoms. The quantitative estimate of drug-likeness (QED) is 0.876. The van der Waals surface area contributed by atoms with Crippen LogP contribution in [0.2, 0.25) is 0 Å². The lowest BCUT2D eigenvalue weighted by molar-refractivity contribution is -0.129. The summed E-state index contributed by atoms with van der Waals surface area (Å²) >= 11 is 5.07. The van der Waals surface area contributed by atoms with Gasteiger partial charge in [-0.2, -0.15) is 0 Å². The molecule has 1 aliphatic carbocycles. The number of halogens is 2. The Kier molecular flexibility index (Phi) is 4.93. The van der Waals surface area contributed by atoms with Crippen LogP contribution in [0.15, 0.2) is 15.9 Å². The van der Waals surface area contributed by atoms with Crippen LogP contribution >= 0.6 is 39.7 Å². The summed E-state index contributed by atoms with van der Waals surface area (Å²) < 4.78 is 1.09. The van der Waals surface area contributed by atoms with Crippen molar-refractivity contribution in [2.45, 2.75) is 25.3 Å². The van der Waals surface area contributed by atoms with Gasteiger partial charge in [0.2, 0.25) is 5.91 Å². The molecule has 3 nitrogen and oxygen atoms in total. The minimum absolute atomic E-state index is 0. The van der Waals surface area contributed by atoms with Gasteiger partial charge in [-0.1, -0.05) is 0 Å². The van der Waals surface area contributed by atoms with Gasteiger partial charge in [-0.25, -0.2) is 0 Å². The molecule has 0 radical (unpaired) electrons. The lowest BCUT2D eigenvalue weighted by Crippen LogP contribution is -2.34. The second kappa shape index (κ2) is 6.12. The van der Waals surface area contributed by atoms with Crippen molar-refractivity contribution in [2.24, 2.45) is 17.6 Å². The number of fused-ring (bicyclic) bond motifs is 1. The minimum Gasteiger partial charge on any atom is -0.342 e. The second-order valence-corrected chi connectivity index (χ2v) is 7.89. The van der Waals surface area contributed by atoms with Gasteiger partial charge in [-0.15, -0.1) is 23.7 Å². The fourth-order valence-electron chi connectivity index (χ4n) is 3.22. The smallest absolute Gasteiger partial charge is 0.227 e. The van der Waals surface area contributed by atoms with Gasteiger partial charge in [0, 0.05) is 24.0 Å². The maximum atomic E-state index is 12.2. The molecule has 2 aliphatic rings. The van der Waals surface area contributed by atoms with Crippen molar-refractivity contribution in [1.29, 1.82) is 0 Å². The van der Waals surface area contributed by atoms with Gasteiger partial charge in [0.05, 0.1) is 10.2 Å². The number of carbonyl (C=O) groups is 1. The molecular weight excluding hydrogens is 348 g/mol. The van der Waals surface area contributed by atoms with Crippen molar-refractivity contribution in [3.05, 3.63) is 20.8 Å². The lowest BCUT2D eigenvalue weighted by Gasteiger charge is -2.18. The molecule has 3 unspecified atom stereocenters. The first kappa shape index (κ1) is 15.3. The predicted octanol–water partition coefficient (Wildman–Crippen LogP) is 2.67. The number of hydrogen-bond acceptors (Lipinski definition) is 3. The van der Waals surface area contributed by atoms with E-state index in [4.69, 9.17) is 5.73 Å². The van der Waals surface area contributed by atoms with Gasteiger partial charge in [-0.05, 0) is 52.7 Å². The SMILES string of the molecule is Cl.NC1CCC2CN(C(=O)Cc3ccc(Br)s3)CC12. The Labute approximate surface area is 132 Å². The summed E-state index contributed by atoms with van der Waals surface area (Å²) in [5.41, 5.74) is 6.10. The first-order chi connectivity index (χ1) is 8.63. The topological polar surface area (TPSA) is 46.3 Å². The molecule has 1 aromatic heterocycles. The zero-order chi connectivity index (χ0) is 12.7. The molecule has 1 amide bonds. The lowest BCUT2D eigenvalue weighted by atomic mass is 9.98. The van der Waals surface area contributed by atoms with Crippen LogP contribution in [0.4, 0.5) is 0 Å². The molecule has 2 heterocycles. The maximum Gasteiger partial charge on any atom is 0.227 e. The Morgan fingerprint density at radius 3 is 2.84 bits per heavy atom. The van der Waals surface area contributed by atoms with Crippen molar-refractivity contribution < 1.29 is 4.79 Å². The summed E-state index contributed by atoms with van der Waals surface area (Å²) in [6.45, 7) is 1.79. The van der Waals surface area contributed by atoms with E-state index in [0.29, 0.717) is 24.3 Å². The molecule has 106 valence electrons. The predicted molar refractivity (Wildman–Crippen MR) is 83.7 cm³/mol. The molecule has 0 aromatic carbocycles. The highest BCUT2D eigenvalue weighted by molar-refractivity contribution is 9.11. The number of nitrogens with zero attached hydrogens (tertiary/aromatic N) is 1. The van der Waals surface area contributed by atoms with E-state index in [1.54, 1.807) is 11.3 Å². The molecule has 0 spiro atoms. The molecular formula is C13H18BrClN2OS. The third-order valence-electron chi connectivity index (χ3n) is 4.22. The zero-order valence-electron chi connectivity index (χ0n) is 10.5. The summed E-state index contributed by atoms with van der Waals surface area (Å²) in [6.07, 6.45) is 2.86. The highest BCUT2D eigenvalue weighted by atomic mass is 79.9. The van der Waals surface area contributed by atoms with E-state index in [9.17, 15) is 4.79 Å². The van der Waals surface area contributed by atoms with E-state index in [-0.39, 0.29) is 18.3 Å². The average molecular weight is 366 g/mol. The molecule has 2 fully saturated rings. The minimum atomic E-state index is 0. The summed E-state index contributed by atoms with van der Waals surface area (Å²) in [7, 11) is 0. The molecule has 0 bridgehead atoms. The van der Waals surface area contributed by atoms with Crippen LogP contribution in [0.25, 0.3) is 0 Å². The van der Waals surface area contributed by atoms with Crippen LogP contribution in [0, 0.1) is 11.8 Å². The van der Waals surface area contributed by atoms with Gasteiger partial charge >= 0.3 is 0 Å². The van der Waals surface area contributed by atoms with Crippen LogP contribution in [0.1, 0.15) is 17.7 Å². The number of rotatable bonds is 2. The Morgan fingerprint density at radius 1 is 1.42 bits per heavy atom. The average Bonchev–Trinajstić information content (AvgIpc) is 2.98. The molecule has 1 aromatic rings. The van der Waals surface area contributed by atoms with Crippen LogP contribution in [-0.2, 0) is 11.2 Å². The summed E-state index contributed by atoms with van der Waals surface area (Å²) in [4.78, 5) is 15.4. The number of thiophene rings is 1. The molecule has 6 heteroatoms. The van der Waals surface area contributed by atoms with Crippen LogP contribution in [0.5, 0.6) is 0 Å². The van der Waals surface area contributed by atoms with Gasteiger partial charge in [0.1, 0.15) is 0 Å². The van der Waals surface area contributed by atoms with Crippen molar-refractivity contribution in [1.82, 2.24) is 4.90 Å². The third kappa shape index (κ3) is 3.15. The molecule has 1 saturated heterocycles.